The van der Waals surface area contributed by atoms with Gasteiger partial charge in [0.15, 0.2) is 0 Å². The molecular formula is C21H34N2O3. The third-order valence-electron chi connectivity index (χ3n) is 7.16. The minimum Gasteiger partial charge on any atom is -0.461 e. The lowest BCUT2D eigenvalue weighted by molar-refractivity contribution is -0.191. The highest BCUT2D eigenvalue weighted by atomic mass is 16.5. The fourth-order valence-corrected chi connectivity index (χ4v) is 6.06. The van der Waals surface area contributed by atoms with Gasteiger partial charge in [0, 0.05) is 12.6 Å². The molecule has 1 saturated heterocycles. The number of carbonyl (C=O) groups is 2. The molecule has 5 fully saturated rings. The van der Waals surface area contributed by atoms with Gasteiger partial charge in [0.05, 0.1) is 10.8 Å². The molecule has 5 nitrogen and oxygen atoms in total. The van der Waals surface area contributed by atoms with E-state index in [9.17, 15) is 9.59 Å². The first kappa shape index (κ1) is 18.3. The number of piperidine rings is 1. The van der Waals surface area contributed by atoms with Gasteiger partial charge in [-0.2, -0.15) is 0 Å². The van der Waals surface area contributed by atoms with Crippen LogP contribution in [0, 0.1) is 28.6 Å². The summed E-state index contributed by atoms with van der Waals surface area (Å²) in [5.74, 6) is 1.53. The lowest BCUT2D eigenvalue weighted by atomic mass is 9.48. The maximum atomic E-state index is 13.2. The van der Waals surface area contributed by atoms with Gasteiger partial charge >= 0.3 is 5.97 Å². The molecule has 5 aliphatic rings. The summed E-state index contributed by atoms with van der Waals surface area (Å²) in [6, 6.07) is 0.277. The first-order valence-corrected chi connectivity index (χ1v) is 10.5. The number of nitrogens with one attached hydrogen (secondary N) is 2. The number of ether oxygens (including phenoxy) is 1. The van der Waals surface area contributed by atoms with Gasteiger partial charge in [0.2, 0.25) is 5.91 Å². The molecule has 1 amide bonds. The highest BCUT2D eigenvalue weighted by Gasteiger charge is 2.59. The molecule has 26 heavy (non-hydrogen) atoms. The molecule has 1 heterocycles. The van der Waals surface area contributed by atoms with E-state index in [1.54, 1.807) is 0 Å². The van der Waals surface area contributed by atoms with Crippen LogP contribution >= 0.6 is 0 Å². The molecule has 5 rings (SSSR count). The van der Waals surface area contributed by atoms with Gasteiger partial charge in [-0.15, -0.1) is 0 Å². The minimum atomic E-state index is -0.461. The average Bonchev–Trinajstić information content (AvgIpc) is 2.57. The van der Waals surface area contributed by atoms with Gasteiger partial charge < -0.3 is 15.4 Å². The van der Waals surface area contributed by atoms with E-state index in [4.69, 9.17) is 4.74 Å². The van der Waals surface area contributed by atoms with Crippen LogP contribution in [0.25, 0.3) is 0 Å². The van der Waals surface area contributed by atoms with Crippen molar-refractivity contribution in [3.8, 4) is 0 Å². The zero-order valence-electron chi connectivity index (χ0n) is 16.5. The Morgan fingerprint density at radius 3 is 2.38 bits per heavy atom. The van der Waals surface area contributed by atoms with E-state index in [0.717, 1.165) is 58.0 Å². The Morgan fingerprint density at radius 2 is 1.81 bits per heavy atom. The normalized spacial score (nSPS) is 41.7. The maximum absolute atomic E-state index is 13.2. The molecule has 2 N–H and O–H groups in total. The summed E-state index contributed by atoms with van der Waals surface area (Å²) in [7, 11) is 0. The number of hydrogen-bond donors (Lipinski definition) is 2. The lowest BCUT2D eigenvalue weighted by Gasteiger charge is -2.58. The van der Waals surface area contributed by atoms with Crippen molar-refractivity contribution in [1.82, 2.24) is 10.6 Å². The summed E-state index contributed by atoms with van der Waals surface area (Å²) in [5.41, 5.74) is -0.670. The number of esters is 1. The van der Waals surface area contributed by atoms with Crippen LogP contribution in [0.3, 0.4) is 0 Å². The van der Waals surface area contributed by atoms with Crippen molar-refractivity contribution >= 4 is 11.9 Å². The van der Waals surface area contributed by atoms with Gasteiger partial charge in [-0.05, 0) is 90.0 Å². The molecule has 3 unspecified atom stereocenters. The van der Waals surface area contributed by atoms with E-state index in [1.807, 2.05) is 20.8 Å². The number of carbonyl (C=O) groups excluding carboxylic acids is 2. The van der Waals surface area contributed by atoms with Crippen molar-refractivity contribution in [2.24, 2.45) is 28.6 Å². The van der Waals surface area contributed by atoms with Crippen LogP contribution in [0.1, 0.15) is 65.7 Å². The quantitative estimate of drug-likeness (QED) is 0.758. The van der Waals surface area contributed by atoms with E-state index in [1.165, 1.54) is 0 Å². The second-order valence-electron chi connectivity index (χ2n) is 10.4. The number of hydrogen-bond acceptors (Lipinski definition) is 4. The van der Waals surface area contributed by atoms with E-state index in [-0.39, 0.29) is 29.4 Å². The Hall–Kier alpha value is -1.10. The fourth-order valence-electron chi connectivity index (χ4n) is 6.06. The molecule has 5 heteroatoms. The first-order valence-electron chi connectivity index (χ1n) is 10.5. The van der Waals surface area contributed by atoms with Crippen LogP contribution < -0.4 is 10.6 Å². The minimum absolute atomic E-state index is 0.0237. The Bertz CT molecular complexity index is 560. The SMILES string of the molecule is CC(C)(C)C(=O)OC1C2CC3CC1CC(C(=O)NC1CCCNC1)(C3)C2. The van der Waals surface area contributed by atoms with Crippen molar-refractivity contribution in [1.29, 1.82) is 0 Å². The molecule has 146 valence electrons. The Balaban J connectivity index is 1.45. The predicted octanol–water partition coefficient (Wildman–Crippen LogP) is 2.64. The Morgan fingerprint density at radius 1 is 1.12 bits per heavy atom. The molecule has 0 aromatic heterocycles. The third kappa shape index (κ3) is 3.28. The molecule has 0 radical (unpaired) electrons. The van der Waals surface area contributed by atoms with E-state index < -0.39 is 5.41 Å². The zero-order valence-corrected chi connectivity index (χ0v) is 16.5. The van der Waals surface area contributed by atoms with Crippen molar-refractivity contribution in [3.05, 3.63) is 0 Å². The maximum Gasteiger partial charge on any atom is 0.311 e. The second kappa shape index (κ2) is 6.50. The smallest absolute Gasteiger partial charge is 0.311 e. The molecule has 0 spiro atoms. The van der Waals surface area contributed by atoms with Crippen LogP contribution in [0.5, 0.6) is 0 Å². The van der Waals surface area contributed by atoms with Crippen LogP contribution in [0.4, 0.5) is 0 Å². The van der Waals surface area contributed by atoms with Crippen molar-refractivity contribution in [2.45, 2.75) is 77.9 Å². The summed E-state index contributed by atoms with van der Waals surface area (Å²) < 4.78 is 5.99. The molecule has 1 aliphatic heterocycles. The number of amides is 1. The van der Waals surface area contributed by atoms with E-state index in [0.29, 0.717) is 17.8 Å². The molecule has 0 aromatic carbocycles. The summed E-state index contributed by atoms with van der Waals surface area (Å²) in [5, 5.41) is 6.73. The third-order valence-corrected chi connectivity index (χ3v) is 7.16. The summed E-state index contributed by atoms with van der Waals surface area (Å²) >= 11 is 0. The Kier molecular flexibility index (Phi) is 4.57. The monoisotopic (exact) mass is 362 g/mol. The number of rotatable bonds is 3. The van der Waals surface area contributed by atoms with Crippen molar-refractivity contribution in [2.75, 3.05) is 13.1 Å². The van der Waals surface area contributed by atoms with Crippen LogP contribution in [-0.2, 0) is 14.3 Å². The standard InChI is InChI=1S/C21H34N2O3/c1-20(2,3)19(25)26-17-14-7-13-8-15(17)11-21(9-13,10-14)18(24)23-16-5-4-6-22-12-16/h13-17,22H,4-12H2,1-3H3,(H,23,24). The molecule has 3 atom stereocenters. The van der Waals surface area contributed by atoms with Gasteiger partial charge in [0.1, 0.15) is 6.10 Å². The Labute approximate surface area is 157 Å². The van der Waals surface area contributed by atoms with Crippen LogP contribution in [0.2, 0.25) is 0 Å². The van der Waals surface area contributed by atoms with E-state index >= 15 is 0 Å². The topological polar surface area (TPSA) is 67.4 Å². The highest BCUT2D eigenvalue weighted by Crippen LogP contribution is 2.61. The highest BCUT2D eigenvalue weighted by molar-refractivity contribution is 5.83. The molecule has 4 saturated carbocycles. The van der Waals surface area contributed by atoms with Gasteiger partial charge in [0.25, 0.3) is 0 Å². The van der Waals surface area contributed by atoms with Gasteiger partial charge in [-0.3, -0.25) is 9.59 Å². The lowest BCUT2D eigenvalue weighted by Crippen LogP contribution is -2.61. The average molecular weight is 363 g/mol. The van der Waals surface area contributed by atoms with Gasteiger partial charge in [-0.1, -0.05) is 0 Å². The first-order chi connectivity index (χ1) is 12.3. The molecule has 4 bridgehead atoms. The van der Waals surface area contributed by atoms with Crippen LogP contribution in [0.15, 0.2) is 0 Å². The van der Waals surface area contributed by atoms with Crippen molar-refractivity contribution in [3.63, 3.8) is 0 Å². The van der Waals surface area contributed by atoms with Crippen LogP contribution in [-0.4, -0.2) is 37.1 Å². The predicted molar refractivity (Wildman–Crippen MR) is 99.4 cm³/mol. The fraction of sp³-hybridized carbons (Fsp3) is 0.905. The summed E-state index contributed by atoms with van der Waals surface area (Å²) in [4.78, 5) is 25.6. The second-order valence-corrected chi connectivity index (χ2v) is 10.4. The largest absolute Gasteiger partial charge is 0.461 e. The molecule has 4 aliphatic carbocycles. The van der Waals surface area contributed by atoms with Gasteiger partial charge in [-0.25, -0.2) is 0 Å². The summed E-state index contributed by atoms with van der Waals surface area (Å²) in [6.07, 6.45) is 7.31. The van der Waals surface area contributed by atoms with Crippen molar-refractivity contribution < 1.29 is 14.3 Å². The van der Waals surface area contributed by atoms with E-state index in [2.05, 4.69) is 10.6 Å². The molecule has 0 aromatic rings. The summed E-state index contributed by atoms with van der Waals surface area (Å²) in [6.45, 7) is 7.70. The molecular weight excluding hydrogens is 328 g/mol. The zero-order chi connectivity index (χ0) is 18.5.